The second-order valence-corrected chi connectivity index (χ2v) is 6.12. The fraction of sp³-hybridized carbons (Fsp3) is 0.550. The SMILES string of the molecule is CCCCCCCCCCCc1[nH+]ccc2ccccc12.[Cl-]. The molecule has 0 amide bonds. The molecule has 122 valence electrons. The number of hydrogen-bond donors (Lipinski definition) is 0. The average Bonchev–Trinajstić information content (AvgIpc) is 2.53. The number of unbranched alkanes of at least 4 members (excludes halogenated alkanes) is 8. The van der Waals surface area contributed by atoms with E-state index in [1.165, 1.54) is 80.7 Å². The summed E-state index contributed by atoms with van der Waals surface area (Å²) < 4.78 is 0. The highest BCUT2D eigenvalue weighted by Gasteiger charge is 2.06. The normalized spacial score (nSPS) is 10.6. The third-order valence-corrected chi connectivity index (χ3v) is 4.34. The van der Waals surface area contributed by atoms with Crippen molar-refractivity contribution in [3.63, 3.8) is 0 Å². The van der Waals surface area contributed by atoms with Crippen LogP contribution in [-0.2, 0) is 6.42 Å². The van der Waals surface area contributed by atoms with Crippen LogP contribution >= 0.6 is 0 Å². The number of nitrogens with one attached hydrogen (secondary N) is 1. The van der Waals surface area contributed by atoms with Gasteiger partial charge in [-0.25, -0.2) is 4.98 Å². The van der Waals surface area contributed by atoms with E-state index in [1.54, 1.807) is 0 Å². The number of aromatic amines is 1. The van der Waals surface area contributed by atoms with Crippen LogP contribution in [0.2, 0.25) is 0 Å². The molecule has 0 aliphatic carbocycles. The summed E-state index contributed by atoms with van der Waals surface area (Å²) in [7, 11) is 0. The lowest BCUT2D eigenvalue weighted by molar-refractivity contribution is -0.388. The van der Waals surface area contributed by atoms with Gasteiger partial charge in [-0.15, -0.1) is 0 Å². The van der Waals surface area contributed by atoms with Crippen molar-refractivity contribution in [1.82, 2.24) is 0 Å². The summed E-state index contributed by atoms with van der Waals surface area (Å²) in [5.41, 5.74) is 1.40. The Balaban J connectivity index is 0.00000242. The van der Waals surface area contributed by atoms with E-state index in [0.717, 1.165) is 0 Å². The number of benzene rings is 1. The van der Waals surface area contributed by atoms with Gasteiger partial charge in [0.15, 0.2) is 11.9 Å². The summed E-state index contributed by atoms with van der Waals surface area (Å²) in [6, 6.07) is 10.8. The van der Waals surface area contributed by atoms with Crippen LogP contribution in [-0.4, -0.2) is 0 Å². The minimum atomic E-state index is 0. The summed E-state index contributed by atoms with van der Waals surface area (Å²) in [5, 5.41) is 2.74. The van der Waals surface area contributed by atoms with Gasteiger partial charge in [-0.3, -0.25) is 0 Å². The minimum Gasteiger partial charge on any atom is -1.00 e. The predicted octanol–water partition coefficient (Wildman–Crippen LogP) is 2.73. The predicted molar refractivity (Wildman–Crippen MR) is 91.4 cm³/mol. The summed E-state index contributed by atoms with van der Waals surface area (Å²) >= 11 is 0. The molecule has 0 saturated heterocycles. The molecule has 1 nitrogen and oxygen atoms in total. The van der Waals surface area contributed by atoms with E-state index >= 15 is 0 Å². The molecule has 0 unspecified atom stereocenters. The molecule has 2 heteroatoms. The highest BCUT2D eigenvalue weighted by Crippen LogP contribution is 2.17. The Morgan fingerprint density at radius 3 is 2.14 bits per heavy atom. The maximum Gasteiger partial charge on any atom is 0.187 e. The van der Waals surface area contributed by atoms with Crippen molar-refractivity contribution >= 4 is 10.8 Å². The van der Waals surface area contributed by atoms with Crippen LogP contribution in [0.25, 0.3) is 10.8 Å². The Morgan fingerprint density at radius 1 is 0.773 bits per heavy atom. The summed E-state index contributed by atoms with van der Waals surface area (Å²) in [5.74, 6) is 0. The van der Waals surface area contributed by atoms with Crippen LogP contribution in [0.3, 0.4) is 0 Å². The van der Waals surface area contributed by atoms with Crippen molar-refractivity contribution in [2.75, 3.05) is 0 Å². The highest BCUT2D eigenvalue weighted by atomic mass is 35.5. The van der Waals surface area contributed by atoms with E-state index in [4.69, 9.17) is 0 Å². The van der Waals surface area contributed by atoms with E-state index in [1.807, 2.05) is 0 Å². The Morgan fingerprint density at radius 2 is 1.41 bits per heavy atom. The maximum atomic E-state index is 3.44. The Kier molecular flexibility index (Phi) is 9.90. The molecule has 2 rings (SSSR count). The molecular weight excluding hydrogens is 290 g/mol. The number of fused-ring (bicyclic) bond motifs is 1. The van der Waals surface area contributed by atoms with Gasteiger partial charge >= 0.3 is 0 Å². The van der Waals surface area contributed by atoms with Gasteiger partial charge in [0.2, 0.25) is 0 Å². The number of H-pyrrole nitrogens is 1. The Labute approximate surface area is 142 Å². The molecule has 0 saturated carbocycles. The van der Waals surface area contributed by atoms with Crippen LogP contribution in [0.15, 0.2) is 36.5 Å². The zero-order chi connectivity index (χ0) is 14.8. The third kappa shape index (κ3) is 6.36. The number of rotatable bonds is 10. The molecule has 1 N–H and O–H groups in total. The molecule has 22 heavy (non-hydrogen) atoms. The lowest BCUT2D eigenvalue weighted by Gasteiger charge is -2.02. The smallest absolute Gasteiger partial charge is 0.187 e. The summed E-state index contributed by atoms with van der Waals surface area (Å²) in [4.78, 5) is 3.44. The fourth-order valence-corrected chi connectivity index (χ4v) is 3.05. The van der Waals surface area contributed by atoms with Crippen LogP contribution in [0, 0.1) is 0 Å². The number of hydrogen-bond acceptors (Lipinski definition) is 0. The van der Waals surface area contributed by atoms with E-state index in [2.05, 4.69) is 48.4 Å². The minimum absolute atomic E-state index is 0. The maximum absolute atomic E-state index is 3.44. The van der Waals surface area contributed by atoms with Crippen LogP contribution in [0.4, 0.5) is 0 Å². The van der Waals surface area contributed by atoms with Gasteiger partial charge in [-0.1, -0.05) is 76.5 Å². The van der Waals surface area contributed by atoms with Gasteiger partial charge in [-0.2, -0.15) is 0 Å². The molecule has 0 radical (unpaired) electrons. The summed E-state index contributed by atoms with van der Waals surface area (Å²) in [6.45, 7) is 2.28. The monoisotopic (exact) mass is 319 g/mol. The molecule has 1 aromatic heterocycles. The van der Waals surface area contributed by atoms with Gasteiger partial charge in [0.25, 0.3) is 0 Å². The zero-order valence-corrected chi connectivity index (χ0v) is 14.7. The topological polar surface area (TPSA) is 14.1 Å². The van der Waals surface area contributed by atoms with Crippen molar-refractivity contribution in [3.8, 4) is 0 Å². The van der Waals surface area contributed by atoms with E-state index in [9.17, 15) is 0 Å². The van der Waals surface area contributed by atoms with Crippen molar-refractivity contribution in [1.29, 1.82) is 0 Å². The molecular formula is C20H30ClN. The number of aromatic nitrogens is 1. The van der Waals surface area contributed by atoms with Gasteiger partial charge in [0, 0.05) is 17.9 Å². The molecule has 0 fully saturated rings. The first-order valence-electron chi connectivity index (χ1n) is 8.80. The Hall–Kier alpha value is -1.08. The van der Waals surface area contributed by atoms with Crippen LogP contribution in [0.1, 0.15) is 70.4 Å². The van der Waals surface area contributed by atoms with Crippen molar-refractivity contribution in [2.45, 2.75) is 71.1 Å². The van der Waals surface area contributed by atoms with Gasteiger partial charge in [-0.05, 0) is 17.9 Å². The van der Waals surface area contributed by atoms with Gasteiger partial charge in [0.05, 0.1) is 0 Å². The second-order valence-electron chi connectivity index (χ2n) is 6.12. The number of halogens is 1. The molecule has 0 bridgehead atoms. The lowest BCUT2D eigenvalue weighted by atomic mass is 10.0. The van der Waals surface area contributed by atoms with Crippen molar-refractivity contribution < 1.29 is 17.4 Å². The zero-order valence-electron chi connectivity index (χ0n) is 13.9. The largest absolute Gasteiger partial charge is 1.00 e. The quantitative estimate of drug-likeness (QED) is 0.598. The van der Waals surface area contributed by atoms with E-state index in [-0.39, 0.29) is 12.4 Å². The average molecular weight is 320 g/mol. The van der Waals surface area contributed by atoms with Gasteiger partial charge < -0.3 is 12.4 Å². The van der Waals surface area contributed by atoms with Crippen LogP contribution in [0.5, 0.6) is 0 Å². The molecule has 0 aliphatic rings. The number of aryl methyl sites for hydroxylation is 1. The highest BCUT2D eigenvalue weighted by molar-refractivity contribution is 5.83. The molecule has 2 aromatic rings. The summed E-state index contributed by atoms with van der Waals surface area (Å²) in [6.07, 6.45) is 15.8. The molecule has 0 spiro atoms. The second kappa shape index (κ2) is 11.5. The lowest BCUT2D eigenvalue weighted by Crippen LogP contribution is -3.00. The molecule has 0 atom stereocenters. The first-order valence-corrected chi connectivity index (χ1v) is 8.80. The molecule has 1 heterocycles. The molecule has 1 aromatic carbocycles. The van der Waals surface area contributed by atoms with Crippen molar-refractivity contribution in [3.05, 3.63) is 42.2 Å². The van der Waals surface area contributed by atoms with Crippen molar-refractivity contribution in [2.24, 2.45) is 0 Å². The Bertz CT molecular complexity index is 519. The van der Waals surface area contributed by atoms with Crippen LogP contribution < -0.4 is 17.4 Å². The molecule has 0 aliphatic heterocycles. The van der Waals surface area contributed by atoms with E-state index < -0.39 is 0 Å². The van der Waals surface area contributed by atoms with Gasteiger partial charge in [0.1, 0.15) is 0 Å². The first kappa shape index (κ1) is 19.0. The first-order chi connectivity index (χ1) is 10.4. The fourth-order valence-electron chi connectivity index (χ4n) is 3.05. The third-order valence-electron chi connectivity index (χ3n) is 4.34. The number of pyridine rings is 1. The standard InChI is InChI=1S/C20H29N.ClH/c1-2-3-4-5-6-7-8-9-10-15-20-19-14-12-11-13-18(19)16-17-21-20;/h11-14,16-17H,2-10,15H2,1H3;1H. The van der Waals surface area contributed by atoms with E-state index in [0.29, 0.717) is 0 Å².